The first-order chi connectivity index (χ1) is 19.1. The SMILES string of the molecule is Cc1ccc2c(c1)C(C)(C)C(/C=C/c1ccc(N(CCS(=O)(=O)O)CCS(=O)(=O)O)cc1)=[N+]2CCCCCC(=O)O. The van der Waals surface area contributed by atoms with Crippen molar-refractivity contribution >= 4 is 49.4 Å². The van der Waals surface area contributed by atoms with Gasteiger partial charge in [0.1, 0.15) is 6.54 Å². The summed E-state index contributed by atoms with van der Waals surface area (Å²) in [5.41, 5.74) is 5.81. The zero-order valence-corrected chi connectivity index (χ0v) is 25.3. The van der Waals surface area contributed by atoms with Gasteiger partial charge in [-0.15, -0.1) is 0 Å². The summed E-state index contributed by atoms with van der Waals surface area (Å²) in [5.74, 6) is -1.95. The fourth-order valence-electron chi connectivity index (χ4n) is 5.05. The summed E-state index contributed by atoms with van der Waals surface area (Å²) in [4.78, 5) is 12.4. The minimum absolute atomic E-state index is 0.144. The number of hydrogen-bond donors (Lipinski definition) is 3. The van der Waals surface area contributed by atoms with Gasteiger partial charge in [-0.05, 0) is 63.5 Å². The predicted octanol–water partition coefficient (Wildman–Crippen LogP) is 4.31. The maximum absolute atomic E-state index is 11.3. The molecule has 0 aromatic heterocycles. The molecule has 3 N–H and O–H groups in total. The number of carboxylic acid groups (broad SMARTS) is 1. The van der Waals surface area contributed by atoms with Crippen LogP contribution in [-0.4, -0.2) is 78.4 Å². The van der Waals surface area contributed by atoms with Crippen LogP contribution in [-0.2, 0) is 30.4 Å². The van der Waals surface area contributed by atoms with Crippen LogP contribution in [0.1, 0.15) is 56.2 Å². The standard InChI is InChI=1S/C29H38N2O8S2/c1-22-8-14-26-25(21-22)29(2,3)27(31(26)16-6-4-5-7-28(32)33)15-11-23-9-12-24(13-10-23)30(17-19-40(34,35)36)18-20-41(37,38)39/h8-15,21H,4-7,16-20H2,1-3H3,(H2-,32,33,34,35,36,37,38,39)/p+1. The van der Waals surface area contributed by atoms with E-state index in [1.54, 1.807) is 12.1 Å². The minimum atomic E-state index is -4.26. The Labute approximate surface area is 242 Å². The first-order valence-corrected chi connectivity index (χ1v) is 16.7. The summed E-state index contributed by atoms with van der Waals surface area (Å²) in [6.45, 7) is 6.90. The molecule has 0 bridgehead atoms. The number of allylic oxidation sites excluding steroid dienone is 1. The van der Waals surface area contributed by atoms with Gasteiger partial charge in [-0.1, -0.05) is 23.8 Å². The third-order valence-corrected chi connectivity index (χ3v) is 8.65. The van der Waals surface area contributed by atoms with Gasteiger partial charge in [0.2, 0.25) is 5.69 Å². The second kappa shape index (κ2) is 13.3. The van der Waals surface area contributed by atoms with Crippen molar-refractivity contribution in [1.82, 2.24) is 0 Å². The second-order valence-corrected chi connectivity index (χ2v) is 14.0. The van der Waals surface area contributed by atoms with Crippen LogP contribution < -0.4 is 4.90 Å². The summed E-state index contributed by atoms with van der Waals surface area (Å²) < 4.78 is 65.6. The molecule has 10 nitrogen and oxygen atoms in total. The van der Waals surface area contributed by atoms with Crippen molar-refractivity contribution in [3.8, 4) is 0 Å². The highest BCUT2D eigenvalue weighted by Gasteiger charge is 2.44. The largest absolute Gasteiger partial charge is 0.481 e. The highest BCUT2D eigenvalue weighted by atomic mass is 32.2. The molecule has 0 saturated carbocycles. The molecule has 1 aliphatic heterocycles. The highest BCUT2D eigenvalue weighted by molar-refractivity contribution is 7.86. The lowest BCUT2D eigenvalue weighted by Gasteiger charge is -2.24. The number of aliphatic carboxylic acids is 1. The van der Waals surface area contributed by atoms with E-state index in [0.717, 1.165) is 36.3 Å². The number of fused-ring (bicyclic) bond motifs is 1. The Balaban J connectivity index is 1.85. The molecular formula is C29H39N2O8S2+. The highest BCUT2D eigenvalue weighted by Crippen LogP contribution is 2.40. The number of carboxylic acids is 1. The normalized spacial score (nSPS) is 15.0. The van der Waals surface area contributed by atoms with Crippen LogP contribution in [0.5, 0.6) is 0 Å². The van der Waals surface area contributed by atoms with E-state index in [9.17, 15) is 21.6 Å². The van der Waals surface area contributed by atoms with Gasteiger partial charge in [-0.25, -0.2) is 0 Å². The summed E-state index contributed by atoms with van der Waals surface area (Å²) in [6.07, 6.45) is 6.53. The number of carbonyl (C=O) groups is 1. The van der Waals surface area contributed by atoms with E-state index in [2.05, 4.69) is 49.6 Å². The fraction of sp³-hybridized carbons (Fsp3) is 0.448. The molecule has 2 aromatic carbocycles. The van der Waals surface area contributed by atoms with Gasteiger partial charge in [0, 0.05) is 49.3 Å². The van der Waals surface area contributed by atoms with E-state index in [4.69, 9.17) is 14.2 Å². The summed E-state index contributed by atoms with van der Waals surface area (Å²) in [6, 6.07) is 13.6. The molecule has 41 heavy (non-hydrogen) atoms. The number of aryl methyl sites for hydroxylation is 1. The third kappa shape index (κ3) is 9.49. The Morgan fingerprint density at radius 1 is 0.902 bits per heavy atom. The maximum Gasteiger partial charge on any atom is 0.303 e. The van der Waals surface area contributed by atoms with Gasteiger partial charge in [-0.2, -0.15) is 21.4 Å². The molecule has 0 aliphatic carbocycles. The van der Waals surface area contributed by atoms with E-state index in [1.165, 1.54) is 16.0 Å². The van der Waals surface area contributed by atoms with E-state index in [-0.39, 0.29) is 24.9 Å². The Kier molecular flexibility index (Phi) is 10.5. The molecule has 1 heterocycles. The number of nitrogens with zero attached hydrogens (tertiary/aromatic N) is 2. The fourth-order valence-corrected chi connectivity index (χ4v) is 5.95. The molecule has 2 aromatic rings. The van der Waals surface area contributed by atoms with Crippen LogP contribution in [0.2, 0.25) is 0 Å². The van der Waals surface area contributed by atoms with Crippen LogP contribution in [0.4, 0.5) is 11.4 Å². The van der Waals surface area contributed by atoms with Crippen LogP contribution in [0.3, 0.4) is 0 Å². The molecule has 0 unspecified atom stereocenters. The number of hydrogen-bond acceptors (Lipinski definition) is 6. The van der Waals surface area contributed by atoms with Gasteiger partial charge >= 0.3 is 5.97 Å². The van der Waals surface area contributed by atoms with Crippen LogP contribution in [0.25, 0.3) is 6.08 Å². The molecule has 0 spiro atoms. The quantitative estimate of drug-likeness (QED) is 0.153. The Morgan fingerprint density at radius 3 is 2.07 bits per heavy atom. The molecule has 0 amide bonds. The zero-order valence-electron chi connectivity index (χ0n) is 23.7. The van der Waals surface area contributed by atoms with E-state index in [0.29, 0.717) is 12.1 Å². The van der Waals surface area contributed by atoms with E-state index < -0.39 is 37.7 Å². The second-order valence-electron chi connectivity index (χ2n) is 10.9. The zero-order chi connectivity index (χ0) is 30.4. The number of anilines is 1. The Morgan fingerprint density at radius 2 is 1.51 bits per heavy atom. The molecule has 0 atom stereocenters. The monoisotopic (exact) mass is 607 g/mol. The van der Waals surface area contributed by atoms with Crippen LogP contribution >= 0.6 is 0 Å². The molecule has 224 valence electrons. The molecular weight excluding hydrogens is 568 g/mol. The van der Waals surface area contributed by atoms with Crippen molar-refractivity contribution in [3.63, 3.8) is 0 Å². The lowest BCUT2D eigenvalue weighted by atomic mass is 9.81. The van der Waals surface area contributed by atoms with Crippen molar-refractivity contribution in [2.45, 2.75) is 51.9 Å². The van der Waals surface area contributed by atoms with Crippen molar-refractivity contribution in [1.29, 1.82) is 0 Å². The smallest absolute Gasteiger partial charge is 0.303 e. The molecule has 0 saturated heterocycles. The average molecular weight is 608 g/mol. The first-order valence-electron chi connectivity index (χ1n) is 13.5. The van der Waals surface area contributed by atoms with Crippen LogP contribution in [0.15, 0.2) is 48.5 Å². The maximum atomic E-state index is 11.3. The third-order valence-electron chi connectivity index (χ3n) is 7.25. The summed E-state index contributed by atoms with van der Waals surface area (Å²) in [5, 5.41) is 8.94. The van der Waals surface area contributed by atoms with Gasteiger partial charge in [0.25, 0.3) is 20.2 Å². The average Bonchev–Trinajstić information content (AvgIpc) is 3.06. The Bertz CT molecular complexity index is 1490. The number of rotatable bonds is 15. The first kappa shape index (κ1) is 32.5. The van der Waals surface area contributed by atoms with Crippen molar-refractivity contribution in [2.75, 3.05) is 36.0 Å². The molecule has 1 aliphatic rings. The van der Waals surface area contributed by atoms with Crippen molar-refractivity contribution < 1.29 is 40.4 Å². The van der Waals surface area contributed by atoms with E-state index in [1.807, 2.05) is 18.2 Å². The number of unbranched alkanes of at least 4 members (excludes halogenated alkanes) is 2. The topological polar surface area (TPSA) is 152 Å². The summed E-state index contributed by atoms with van der Waals surface area (Å²) >= 11 is 0. The molecule has 0 radical (unpaired) electrons. The minimum Gasteiger partial charge on any atom is -0.481 e. The van der Waals surface area contributed by atoms with Gasteiger partial charge < -0.3 is 10.0 Å². The van der Waals surface area contributed by atoms with Crippen molar-refractivity contribution in [2.24, 2.45) is 0 Å². The van der Waals surface area contributed by atoms with Gasteiger partial charge in [0.05, 0.1) is 16.9 Å². The van der Waals surface area contributed by atoms with Crippen LogP contribution in [0, 0.1) is 6.92 Å². The molecule has 3 rings (SSSR count). The van der Waals surface area contributed by atoms with Gasteiger partial charge in [-0.3, -0.25) is 13.9 Å². The number of benzene rings is 2. The lowest BCUT2D eigenvalue weighted by molar-refractivity contribution is -0.438. The van der Waals surface area contributed by atoms with Gasteiger partial charge in [0.15, 0.2) is 5.71 Å². The van der Waals surface area contributed by atoms with Crippen molar-refractivity contribution in [3.05, 3.63) is 65.2 Å². The summed E-state index contributed by atoms with van der Waals surface area (Å²) in [7, 11) is -8.52. The lowest BCUT2D eigenvalue weighted by Crippen LogP contribution is -2.33. The van der Waals surface area contributed by atoms with E-state index >= 15 is 0 Å². The molecule has 0 fully saturated rings. The Hall–Kier alpha value is -3.06. The molecule has 12 heteroatoms. The predicted molar refractivity (Wildman–Crippen MR) is 161 cm³/mol.